The summed E-state index contributed by atoms with van der Waals surface area (Å²) in [5.41, 5.74) is 0.418. The number of hydrogen-bond acceptors (Lipinski definition) is 5. The van der Waals surface area contributed by atoms with Gasteiger partial charge in [0.15, 0.2) is 0 Å². The summed E-state index contributed by atoms with van der Waals surface area (Å²) in [6.07, 6.45) is 2.35. The minimum absolute atomic E-state index is 0.0101. The van der Waals surface area contributed by atoms with Gasteiger partial charge in [-0.25, -0.2) is 18.4 Å². The van der Waals surface area contributed by atoms with Crippen molar-refractivity contribution in [3.63, 3.8) is 0 Å². The summed E-state index contributed by atoms with van der Waals surface area (Å²) in [5.74, 6) is 0.669. The highest BCUT2D eigenvalue weighted by atomic mass is 35.5. The van der Waals surface area contributed by atoms with E-state index >= 15 is 0 Å². The number of anilines is 1. The second kappa shape index (κ2) is 6.28. The van der Waals surface area contributed by atoms with E-state index in [-0.39, 0.29) is 16.3 Å². The van der Waals surface area contributed by atoms with Crippen molar-refractivity contribution in [2.24, 2.45) is 0 Å². The van der Waals surface area contributed by atoms with Crippen LogP contribution in [0.5, 0.6) is 5.75 Å². The van der Waals surface area contributed by atoms with Crippen molar-refractivity contribution in [3.8, 4) is 5.75 Å². The van der Waals surface area contributed by atoms with Gasteiger partial charge < -0.3 is 4.74 Å². The number of aromatic nitrogens is 2. The Labute approximate surface area is 128 Å². The highest BCUT2D eigenvalue weighted by Gasteiger charge is 2.15. The molecule has 0 fully saturated rings. The Morgan fingerprint density at radius 1 is 1.14 bits per heavy atom. The average molecular weight is 328 g/mol. The van der Waals surface area contributed by atoms with E-state index in [4.69, 9.17) is 16.3 Å². The standard InChI is InChI=1S/C13H14ClN3O3S/c1-9(2)20-11-5-3-10(4-6-11)17-21(18,19)12-7-15-13(14)16-8-12/h3-9,17H,1-2H3. The minimum atomic E-state index is -3.74. The van der Waals surface area contributed by atoms with Crippen LogP contribution in [0, 0.1) is 0 Å². The molecule has 0 radical (unpaired) electrons. The van der Waals surface area contributed by atoms with Gasteiger partial charge in [0.05, 0.1) is 18.5 Å². The molecule has 0 spiro atoms. The third kappa shape index (κ3) is 4.30. The lowest BCUT2D eigenvalue weighted by atomic mass is 10.3. The molecule has 1 aromatic heterocycles. The van der Waals surface area contributed by atoms with Crippen LogP contribution < -0.4 is 9.46 Å². The Kier molecular flexibility index (Phi) is 4.64. The van der Waals surface area contributed by atoms with Gasteiger partial charge in [-0.3, -0.25) is 4.72 Å². The molecule has 21 heavy (non-hydrogen) atoms. The van der Waals surface area contributed by atoms with Gasteiger partial charge in [-0.05, 0) is 49.7 Å². The van der Waals surface area contributed by atoms with Gasteiger partial charge in [0, 0.05) is 5.69 Å². The van der Waals surface area contributed by atoms with E-state index in [0.29, 0.717) is 11.4 Å². The van der Waals surface area contributed by atoms with E-state index in [9.17, 15) is 8.42 Å². The second-order valence-electron chi connectivity index (χ2n) is 4.48. The van der Waals surface area contributed by atoms with Gasteiger partial charge in [-0.15, -0.1) is 0 Å². The first kappa shape index (κ1) is 15.5. The van der Waals surface area contributed by atoms with Crippen molar-refractivity contribution in [3.05, 3.63) is 41.9 Å². The first-order chi connectivity index (χ1) is 9.87. The molecule has 1 N–H and O–H groups in total. The molecule has 6 nitrogen and oxygen atoms in total. The smallest absolute Gasteiger partial charge is 0.264 e. The van der Waals surface area contributed by atoms with Crippen molar-refractivity contribution in [1.82, 2.24) is 9.97 Å². The molecule has 2 aromatic rings. The molecule has 0 aliphatic heterocycles. The van der Waals surface area contributed by atoms with Gasteiger partial charge >= 0.3 is 0 Å². The van der Waals surface area contributed by atoms with Crippen molar-refractivity contribution in [2.45, 2.75) is 24.8 Å². The summed E-state index contributed by atoms with van der Waals surface area (Å²) in [5, 5.41) is -0.0101. The van der Waals surface area contributed by atoms with Crippen molar-refractivity contribution < 1.29 is 13.2 Å². The number of nitrogens with zero attached hydrogens (tertiary/aromatic N) is 2. The molecule has 112 valence electrons. The highest BCUT2D eigenvalue weighted by molar-refractivity contribution is 7.92. The number of hydrogen-bond donors (Lipinski definition) is 1. The molecular formula is C13H14ClN3O3S. The lowest BCUT2D eigenvalue weighted by Crippen LogP contribution is -2.13. The molecule has 0 aliphatic carbocycles. The van der Waals surface area contributed by atoms with E-state index in [2.05, 4.69) is 14.7 Å². The fraction of sp³-hybridized carbons (Fsp3) is 0.231. The van der Waals surface area contributed by atoms with Crippen LogP contribution in [-0.2, 0) is 10.0 Å². The predicted molar refractivity (Wildman–Crippen MR) is 80.1 cm³/mol. The minimum Gasteiger partial charge on any atom is -0.491 e. The van der Waals surface area contributed by atoms with Crippen LogP contribution in [-0.4, -0.2) is 24.5 Å². The zero-order chi connectivity index (χ0) is 15.5. The molecule has 2 rings (SSSR count). The highest BCUT2D eigenvalue weighted by Crippen LogP contribution is 2.20. The fourth-order valence-electron chi connectivity index (χ4n) is 1.53. The zero-order valence-corrected chi connectivity index (χ0v) is 13.0. The molecular weight excluding hydrogens is 314 g/mol. The van der Waals surface area contributed by atoms with E-state index in [0.717, 1.165) is 12.4 Å². The van der Waals surface area contributed by atoms with E-state index in [1.807, 2.05) is 13.8 Å². The van der Waals surface area contributed by atoms with Gasteiger partial charge in [0.1, 0.15) is 10.6 Å². The number of ether oxygens (including phenoxy) is 1. The Bertz CT molecular complexity index is 700. The number of rotatable bonds is 5. The van der Waals surface area contributed by atoms with Crippen LogP contribution >= 0.6 is 11.6 Å². The van der Waals surface area contributed by atoms with Crippen LogP contribution in [0.3, 0.4) is 0 Å². The second-order valence-corrected chi connectivity index (χ2v) is 6.50. The molecule has 0 amide bonds. The lowest BCUT2D eigenvalue weighted by Gasteiger charge is -2.11. The Hall–Kier alpha value is -1.86. The fourth-order valence-corrected chi connectivity index (χ4v) is 2.57. The molecule has 0 saturated carbocycles. The molecule has 0 saturated heterocycles. The summed E-state index contributed by atoms with van der Waals surface area (Å²) in [7, 11) is -3.74. The number of benzene rings is 1. The molecule has 1 heterocycles. The number of nitrogens with one attached hydrogen (secondary N) is 1. The van der Waals surface area contributed by atoms with Gasteiger partial charge in [0.2, 0.25) is 5.28 Å². The Morgan fingerprint density at radius 2 is 1.71 bits per heavy atom. The summed E-state index contributed by atoms with van der Waals surface area (Å²) >= 11 is 5.53. The summed E-state index contributed by atoms with van der Waals surface area (Å²) in [4.78, 5) is 7.24. The van der Waals surface area contributed by atoms with Crippen LogP contribution in [0.25, 0.3) is 0 Å². The zero-order valence-electron chi connectivity index (χ0n) is 11.4. The lowest BCUT2D eigenvalue weighted by molar-refractivity contribution is 0.242. The number of sulfonamides is 1. The maximum Gasteiger partial charge on any atom is 0.264 e. The molecule has 8 heteroatoms. The van der Waals surface area contributed by atoms with Gasteiger partial charge in [-0.2, -0.15) is 0 Å². The number of halogens is 1. The van der Waals surface area contributed by atoms with Crippen LogP contribution in [0.15, 0.2) is 41.6 Å². The summed E-state index contributed by atoms with van der Waals surface area (Å²) in [6, 6.07) is 6.62. The van der Waals surface area contributed by atoms with Gasteiger partial charge in [-0.1, -0.05) is 0 Å². The SMILES string of the molecule is CC(C)Oc1ccc(NS(=O)(=O)c2cnc(Cl)nc2)cc1. The quantitative estimate of drug-likeness (QED) is 0.854. The monoisotopic (exact) mass is 327 g/mol. The van der Waals surface area contributed by atoms with E-state index < -0.39 is 10.0 Å². The average Bonchev–Trinajstić information content (AvgIpc) is 2.40. The van der Waals surface area contributed by atoms with Crippen molar-refractivity contribution >= 4 is 27.3 Å². The summed E-state index contributed by atoms with van der Waals surface area (Å²) < 4.78 is 32.1. The molecule has 0 unspecified atom stereocenters. The molecule has 1 aromatic carbocycles. The van der Waals surface area contributed by atoms with Gasteiger partial charge in [0.25, 0.3) is 10.0 Å². The topological polar surface area (TPSA) is 81.2 Å². The first-order valence-electron chi connectivity index (χ1n) is 6.14. The Morgan fingerprint density at radius 3 is 2.24 bits per heavy atom. The molecule has 0 atom stereocenters. The molecule has 0 bridgehead atoms. The third-order valence-electron chi connectivity index (χ3n) is 2.39. The van der Waals surface area contributed by atoms with Crippen molar-refractivity contribution in [1.29, 1.82) is 0 Å². The third-order valence-corrected chi connectivity index (χ3v) is 3.92. The largest absolute Gasteiger partial charge is 0.491 e. The maximum absolute atomic E-state index is 12.1. The summed E-state index contributed by atoms with van der Waals surface area (Å²) in [6.45, 7) is 3.83. The normalized spacial score (nSPS) is 11.4. The Balaban J connectivity index is 2.15. The first-order valence-corrected chi connectivity index (χ1v) is 8.00. The van der Waals surface area contributed by atoms with Crippen LogP contribution in [0.2, 0.25) is 5.28 Å². The van der Waals surface area contributed by atoms with Crippen LogP contribution in [0.1, 0.15) is 13.8 Å². The maximum atomic E-state index is 12.1. The van der Waals surface area contributed by atoms with E-state index in [1.165, 1.54) is 0 Å². The molecule has 0 aliphatic rings. The van der Waals surface area contributed by atoms with Crippen LogP contribution in [0.4, 0.5) is 5.69 Å². The predicted octanol–water partition coefficient (Wildman–Crippen LogP) is 2.72. The van der Waals surface area contributed by atoms with Crippen molar-refractivity contribution in [2.75, 3.05) is 4.72 Å². The van der Waals surface area contributed by atoms with E-state index in [1.54, 1.807) is 24.3 Å².